The second-order valence-electron chi connectivity index (χ2n) is 8.43. The number of aromatic nitrogens is 2. The lowest BCUT2D eigenvalue weighted by Gasteiger charge is -2.31. The summed E-state index contributed by atoms with van der Waals surface area (Å²) >= 11 is 0. The molecule has 1 aromatic carbocycles. The van der Waals surface area contributed by atoms with E-state index in [1.54, 1.807) is 24.2 Å². The first-order valence-corrected chi connectivity index (χ1v) is 11.0. The first kappa shape index (κ1) is 21.2. The van der Waals surface area contributed by atoms with E-state index in [0.717, 1.165) is 36.9 Å². The predicted octanol–water partition coefficient (Wildman–Crippen LogP) is 4.36. The normalized spacial score (nSPS) is 16.2. The molecule has 1 fully saturated rings. The summed E-state index contributed by atoms with van der Waals surface area (Å²) in [4.78, 5) is 21.2. The highest BCUT2D eigenvalue weighted by Gasteiger charge is 2.24. The topological polar surface area (TPSA) is 62.5 Å². The van der Waals surface area contributed by atoms with Gasteiger partial charge in [-0.15, -0.1) is 0 Å². The molecule has 1 aliphatic rings. The van der Waals surface area contributed by atoms with Gasteiger partial charge >= 0.3 is 0 Å². The van der Waals surface area contributed by atoms with Crippen LogP contribution in [0, 0.1) is 5.92 Å². The Hall–Kier alpha value is -2.99. The monoisotopic (exact) mass is 418 g/mol. The zero-order chi connectivity index (χ0) is 21.6. The summed E-state index contributed by atoms with van der Waals surface area (Å²) in [7, 11) is 1.77. The van der Waals surface area contributed by atoms with Crippen molar-refractivity contribution in [2.24, 2.45) is 5.92 Å². The number of likely N-dealkylation sites (tertiary alicyclic amines) is 1. The van der Waals surface area contributed by atoms with E-state index in [1.807, 2.05) is 25.1 Å². The Kier molecular flexibility index (Phi) is 6.77. The summed E-state index contributed by atoms with van der Waals surface area (Å²) in [5, 5.41) is 4.04. The molecule has 1 unspecified atom stereocenters. The van der Waals surface area contributed by atoms with Gasteiger partial charge in [-0.05, 0) is 62.9 Å². The van der Waals surface area contributed by atoms with Crippen molar-refractivity contribution in [2.45, 2.75) is 38.8 Å². The smallest absolute Gasteiger partial charge is 0.276 e. The lowest BCUT2D eigenvalue weighted by molar-refractivity contribution is 0.0729. The Morgan fingerprint density at radius 3 is 2.61 bits per heavy atom. The van der Waals surface area contributed by atoms with E-state index in [0.29, 0.717) is 12.2 Å². The fraction of sp³-hybridized carbons (Fsp3) is 0.400. The van der Waals surface area contributed by atoms with Crippen LogP contribution < -0.4 is 0 Å². The number of benzene rings is 1. The summed E-state index contributed by atoms with van der Waals surface area (Å²) in [5.41, 5.74) is 2.61. The van der Waals surface area contributed by atoms with Gasteiger partial charge in [-0.25, -0.2) is 0 Å². The quantitative estimate of drug-likeness (QED) is 0.571. The average Bonchev–Trinajstić information content (AvgIpc) is 3.28. The molecule has 0 saturated carbocycles. The fourth-order valence-corrected chi connectivity index (χ4v) is 4.18. The van der Waals surface area contributed by atoms with Crippen LogP contribution >= 0.6 is 0 Å². The lowest BCUT2D eigenvalue weighted by atomic mass is 9.90. The van der Waals surface area contributed by atoms with E-state index in [4.69, 9.17) is 4.52 Å². The van der Waals surface area contributed by atoms with Crippen molar-refractivity contribution in [1.29, 1.82) is 0 Å². The Balaban J connectivity index is 1.29. The SMILES string of the molecule is CC(c1ccccn1)N(C)C(=O)c1cc(CN2CCC(Cc3ccccc3)CC2)on1. The Labute approximate surface area is 183 Å². The number of hydrogen-bond donors (Lipinski definition) is 0. The van der Waals surface area contributed by atoms with E-state index in [1.165, 1.54) is 18.4 Å². The number of carbonyl (C=O) groups is 1. The van der Waals surface area contributed by atoms with Crippen molar-refractivity contribution in [3.63, 3.8) is 0 Å². The molecule has 0 aliphatic carbocycles. The summed E-state index contributed by atoms with van der Waals surface area (Å²) in [5.74, 6) is 1.31. The van der Waals surface area contributed by atoms with E-state index >= 15 is 0 Å². The number of pyridine rings is 1. The third-order valence-corrected chi connectivity index (χ3v) is 6.25. The number of piperidine rings is 1. The molecular weight excluding hydrogens is 388 g/mol. The van der Waals surface area contributed by atoms with Gasteiger partial charge in [0.05, 0.1) is 18.3 Å². The van der Waals surface area contributed by atoms with Crippen LogP contribution in [0.1, 0.15) is 53.3 Å². The zero-order valence-corrected chi connectivity index (χ0v) is 18.3. The van der Waals surface area contributed by atoms with Gasteiger partial charge in [0.1, 0.15) is 0 Å². The van der Waals surface area contributed by atoms with Crippen molar-refractivity contribution in [3.05, 3.63) is 83.5 Å². The van der Waals surface area contributed by atoms with Crippen molar-refractivity contribution in [3.8, 4) is 0 Å². The summed E-state index contributed by atoms with van der Waals surface area (Å²) in [6, 6.07) is 18.1. The molecule has 6 nitrogen and oxygen atoms in total. The average molecular weight is 419 g/mol. The van der Waals surface area contributed by atoms with Crippen LogP contribution in [0.25, 0.3) is 0 Å². The molecule has 3 heterocycles. The second-order valence-corrected chi connectivity index (χ2v) is 8.43. The third-order valence-electron chi connectivity index (χ3n) is 6.25. The molecule has 1 atom stereocenters. The molecule has 1 saturated heterocycles. The Bertz CT molecular complexity index is 965. The van der Waals surface area contributed by atoms with Crippen LogP contribution in [0.2, 0.25) is 0 Å². The maximum absolute atomic E-state index is 12.8. The molecule has 6 heteroatoms. The molecule has 0 N–H and O–H groups in total. The molecule has 0 bridgehead atoms. The fourth-order valence-electron chi connectivity index (χ4n) is 4.18. The maximum atomic E-state index is 12.8. The van der Waals surface area contributed by atoms with Crippen LogP contribution in [0.15, 0.2) is 65.3 Å². The van der Waals surface area contributed by atoms with Crippen LogP contribution in [0.5, 0.6) is 0 Å². The van der Waals surface area contributed by atoms with Gasteiger partial charge in [0, 0.05) is 19.3 Å². The highest BCUT2D eigenvalue weighted by atomic mass is 16.5. The third kappa shape index (κ3) is 5.39. The lowest BCUT2D eigenvalue weighted by Crippen LogP contribution is -2.33. The highest BCUT2D eigenvalue weighted by Crippen LogP contribution is 2.23. The summed E-state index contributed by atoms with van der Waals surface area (Å²) in [6.07, 6.45) is 5.25. The summed E-state index contributed by atoms with van der Waals surface area (Å²) in [6.45, 7) is 4.73. The standard InChI is InChI=1S/C25H30N4O2/c1-19(23-10-6-7-13-26-23)28(2)25(30)24-17-22(31-27-24)18-29-14-11-21(12-15-29)16-20-8-4-3-5-9-20/h3-10,13,17,19,21H,11-12,14-16,18H2,1-2H3. The van der Waals surface area contributed by atoms with Gasteiger partial charge in [0.2, 0.25) is 0 Å². The molecule has 1 amide bonds. The Morgan fingerprint density at radius 1 is 1.16 bits per heavy atom. The molecule has 4 rings (SSSR count). The first-order chi connectivity index (χ1) is 15.1. The number of hydrogen-bond acceptors (Lipinski definition) is 5. The summed E-state index contributed by atoms with van der Waals surface area (Å²) < 4.78 is 5.49. The Morgan fingerprint density at radius 2 is 1.90 bits per heavy atom. The van der Waals surface area contributed by atoms with Crippen LogP contribution in [0.4, 0.5) is 0 Å². The van der Waals surface area contributed by atoms with Crippen LogP contribution in [0.3, 0.4) is 0 Å². The molecule has 162 valence electrons. The largest absolute Gasteiger partial charge is 0.359 e. The minimum absolute atomic E-state index is 0.141. The molecule has 0 radical (unpaired) electrons. The van der Waals surface area contributed by atoms with Gasteiger partial charge in [-0.2, -0.15) is 0 Å². The number of carbonyl (C=O) groups excluding carboxylic acids is 1. The van der Waals surface area contributed by atoms with Crippen molar-refractivity contribution >= 4 is 5.91 Å². The predicted molar refractivity (Wildman–Crippen MR) is 119 cm³/mol. The molecular formula is C25H30N4O2. The van der Waals surface area contributed by atoms with E-state index in [-0.39, 0.29) is 11.9 Å². The van der Waals surface area contributed by atoms with Crippen molar-refractivity contribution in [2.75, 3.05) is 20.1 Å². The van der Waals surface area contributed by atoms with E-state index < -0.39 is 0 Å². The first-order valence-electron chi connectivity index (χ1n) is 11.0. The number of rotatable bonds is 7. The number of nitrogens with zero attached hydrogens (tertiary/aromatic N) is 4. The molecule has 2 aromatic heterocycles. The van der Waals surface area contributed by atoms with E-state index in [9.17, 15) is 4.79 Å². The van der Waals surface area contributed by atoms with Gasteiger partial charge in [-0.1, -0.05) is 41.6 Å². The highest BCUT2D eigenvalue weighted by molar-refractivity contribution is 5.92. The van der Waals surface area contributed by atoms with Gasteiger partial charge in [0.25, 0.3) is 5.91 Å². The van der Waals surface area contributed by atoms with Crippen molar-refractivity contribution in [1.82, 2.24) is 19.9 Å². The van der Waals surface area contributed by atoms with Crippen LogP contribution in [-0.4, -0.2) is 46.0 Å². The van der Waals surface area contributed by atoms with Gasteiger partial charge < -0.3 is 9.42 Å². The van der Waals surface area contributed by atoms with Crippen molar-refractivity contribution < 1.29 is 9.32 Å². The van der Waals surface area contributed by atoms with Gasteiger partial charge in [0.15, 0.2) is 11.5 Å². The number of amides is 1. The minimum Gasteiger partial charge on any atom is -0.359 e. The van der Waals surface area contributed by atoms with Crippen LogP contribution in [-0.2, 0) is 13.0 Å². The maximum Gasteiger partial charge on any atom is 0.276 e. The molecule has 0 spiro atoms. The molecule has 31 heavy (non-hydrogen) atoms. The van der Waals surface area contributed by atoms with E-state index in [2.05, 4.69) is 45.4 Å². The molecule has 1 aliphatic heterocycles. The minimum atomic E-state index is -0.158. The second kappa shape index (κ2) is 9.88. The zero-order valence-electron chi connectivity index (χ0n) is 18.3. The molecule has 3 aromatic rings. The van der Waals surface area contributed by atoms with Gasteiger partial charge in [-0.3, -0.25) is 14.7 Å².